The zero-order chi connectivity index (χ0) is 55.1. The van der Waals surface area contributed by atoms with Gasteiger partial charge in [-0.15, -0.1) is 23.2 Å². The molecule has 2 heterocycles. The van der Waals surface area contributed by atoms with Gasteiger partial charge in [0.05, 0.1) is 42.1 Å². The fourth-order valence-electron chi connectivity index (χ4n) is 9.95. The van der Waals surface area contributed by atoms with E-state index in [9.17, 15) is 28.0 Å². The Morgan fingerprint density at radius 2 is 0.987 bits per heavy atom. The number of aryl methyl sites for hydroxylation is 2. The van der Waals surface area contributed by atoms with Crippen molar-refractivity contribution in [1.29, 1.82) is 0 Å². The van der Waals surface area contributed by atoms with Gasteiger partial charge in [0.1, 0.15) is 28.7 Å². The number of carboxylic acid groups (broad SMARTS) is 2. The van der Waals surface area contributed by atoms with Gasteiger partial charge in [0.2, 0.25) is 0 Å². The molecular formula is C57H66Cl2F2N2O12. The van der Waals surface area contributed by atoms with E-state index in [1.807, 2.05) is 41.4 Å². The topological polar surface area (TPSA) is 182 Å². The van der Waals surface area contributed by atoms with Crippen molar-refractivity contribution >= 4 is 74.9 Å². The number of carbonyl (C=O) groups excluding carboxylic acids is 3. The SMILES string of the molecule is CC(=O)O.COC(=O)c1ccc2c(C3CCCCC3)c(-c3ccc(F)cc3OCC(=O)O)n(C)c2c1.COC(=O)c1ccc2c(C3CCCCC3)c(-c3ccc(F)cc3OCC(=O)OC(C)(C)C)n(C)c2c1.ClCCl. The van der Waals surface area contributed by atoms with E-state index in [4.69, 9.17) is 61.9 Å². The fraction of sp³-hybridized carbons (Fsp3) is 0.421. The first-order valence-corrected chi connectivity index (χ1v) is 25.7. The molecule has 2 aromatic heterocycles. The third kappa shape index (κ3) is 15.5. The summed E-state index contributed by atoms with van der Waals surface area (Å²) in [6.07, 6.45) is 11.2. The molecule has 0 amide bonds. The number of aromatic nitrogens is 2. The molecular weight excluding hydrogens is 1010 g/mol. The van der Waals surface area contributed by atoms with E-state index in [1.165, 1.54) is 51.3 Å². The van der Waals surface area contributed by atoms with Gasteiger partial charge in [-0.3, -0.25) is 4.79 Å². The number of hydrogen-bond acceptors (Lipinski definition) is 10. The largest absolute Gasteiger partial charge is 0.481 e. The molecule has 2 aliphatic carbocycles. The minimum atomic E-state index is -1.13. The van der Waals surface area contributed by atoms with Crippen LogP contribution in [0.5, 0.6) is 11.5 Å². The number of carbonyl (C=O) groups is 5. The standard InChI is InChI=1S/C29H34FNO5.C25H26FNO5.C2H4O2.CH2Cl2/c1-29(2,3)36-25(32)17-35-24-16-20(30)12-14-22(24)27-26(18-9-7-6-8-10-18)21-13-11-19(28(33)34-5)15-23(21)31(27)4;1-27-20-12-16(25(30)31-2)8-10-18(20)23(15-6-4-3-5-7-15)24(27)19-11-9-17(26)13-21(19)32-14-22(28)29;1-2(3)4;2-1-3/h11-16,18H,6-10,17H2,1-5H3;8-13,15H,3-7,14H2,1-2H3,(H,28,29);1H3,(H,3,4);1H2. The van der Waals surface area contributed by atoms with Crippen LogP contribution in [0.25, 0.3) is 44.3 Å². The smallest absolute Gasteiger partial charge is 0.344 e. The lowest BCUT2D eigenvalue weighted by Gasteiger charge is -2.24. The monoisotopic (exact) mass is 1080 g/mol. The molecule has 75 heavy (non-hydrogen) atoms. The second-order valence-corrected chi connectivity index (χ2v) is 20.0. The molecule has 0 radical (unpaired) electrons. The average molecular weight is 1080 g/mol. The number of hydrogen-bond donors (Lipinski definition) is 2. The third-order valence-electron chi connectivity index (χ3n) is 12.9. The number of ether oxygens (including phenoxy) is 5. The minimum absolute atomic E-state index is 0.184. The number of carboxylic acids is 2. The molecule has 8 rings (SSSR count). The third-order valence-corrected chi connectivity index (χ3v) is 12.9. The van der Waals surface area contributed by atoms with Crippen LogP contribution >= 0.6 is 23.2 Å². The number of halogens is 4. The highest BCUT2D eigenvalue weighted by atomic mass is 35.5. The van der Waals surface area contributed by atoms with Crippen molar-refractivity contribution in [1.82, 2.24) is 9.13 Å². The molecule has 404 valence electrons. The second kappa shape index (κ2) is 27.2. The van der Waals surface area contributed by atoms with Crippen LogP contribution in [-0.4, -0.2) is 87.6 Å². The molecule has 6 aromatic rings. The number of esters is 3. The van der Waals surface area contributed by atoms with E-state index in [0.717, 1.165) is 103 Å². The Morgan fingerprint density at radius 1 is 0.613 bits per heavy atom. The first-order valence-electron chi connectivity index (χ1n) is 24.7. The van der Waals surface area contributed by atoms with Crippen molar-refractivity contribution in [2.75, 3.05) is 32.8 Å². The maximum atomic E-state index is 14.3. The van der Waals surface area contributed by atoms with E-state index in [-0.39, 0.29) is 23.4 Å². The predicted octanol–water partition coefficient (Wildman–Crippen LogP) is 13.3. The summed E-state index contributed by atoms with van der Waals surface area (Å²) in [6, 6.07) is 19.7. The van der Waals surface area contributed by atoms with Crippen molar-refractivity contribution in [2.24, 2.45) is 14.1 Å². The van der Waals surface area contributed by atoms with Crippen LogP contribution in [0.15, 0.2) is 72.8 Å². The van der Waals surface area contributed by atoms with Crippen molar-refractivity contribution in [3.63, 3.8) is 0 Å². The molecule has 18 heteroatoms. The quantitative estimate of drug-likeness (QED) is 0.0673. The van der Waals surface area contributed by atoms with E-state index in [0.29, 0.717) is 34.1 Å². The molecule has 0 aliphatic heterocycles. The maximum absolute atomic E-state index is 14.3. The summed E-state index contributed by atoms with van der Waals surface area (Å²) in [7, 11) is 6.55. The summed E-state index contributed by atoms with van der Waals surface area (Å²) in [4.78, 5) is 56.8. The molecule has 14 nitrogen and oxygen atoms in total. The summed E-state index contributed by atoms with van der Waals surface area (Å²) in [6.45, 7) is 5.54. The predicted molar refractivity (Wildman–Crippen MR) is 285 cm³/mol. The highest BCUT2D eigenvalue weighted by molar-refractivity contribution is 6.40. The Hall–Kier alpha value is -6.65. The van der Waals surface area contributed by atoms with Crippen LogP contribution in [-0.2, 0) is 42.7 Å². The maximum Gasteiger partial charge on any atom is 0.344 e. The molecule has 4 aromatic carbocycles. The van der Waals surface area contributed by atoms with E-state index in [2.05, 4.69) is 0 Å². The molecule has 0 saturated heterocycles. The van der Waals surface area contributed by atoms with Gasteiger partial charge < -0.3 is 43.0 Å². The van der Waals surface area contributed by atoms with Crippen molar-refractivity contribution < 1.29 is 66.7 Å². The second-order valence-electron chi connectivity index (χ2n) is 19.2. The van der Waals surface area contributed by atoms with Crippen molar-refractivity contribution in [3.05, 3.63) is 107 Å². The lowest BCUT2D eigenvalue weighted by atomic mass is 9.81. The number of benzene rings is 4. The zero-order valence-electron chi connectivity index (χ0n) is 43.7. The van der Waals surface area contributed by atoms with Crippen molar-refractivity contribution in [3.8, 4) is 34.0 Å². The molecule has 0 bridgehead atoms. The van der Waals surface area contributed by atoms with Crippen molar-refractivity contribution in [2.45, 2.75) is 109 Å². The zero-order valence-corrected chi connectivity index (χ0v) is 45.2. The average Bonchev–Trinajstić information content (AvgIpc) is 3.83. The fourth-order valence-corrected chi connectivity index (χ4v) is 9.95. The molecule has 0 atom stereocenters. The van der Waals surface area contributed by atoms with Crippen LogP contribution in [0.4, 0.5) is 8.78 Å². The molecule has 0 spiro atoms. The van der Waals surface area contributed by atoms with Gasteiger partial charge in [0.15, 0.2) is 13.2 Å². The number of alkyl halides is 2. The molecule has 2 N–H and O–H groups in total. The lowest BCUT2D eigenvalue weighted by molar-refractivity contribution is -0.157. The Morgan fingerprint density at radius 3 is 1.33 bits per heavy atom. The number of methoxy groups -OCH3 is 2. The highest BCUT2D eigenvalue weighted by Crippen LogP contribution is 2.48. The molecule has 2 fully saturated rings. The number of aliphatic carboxylic acids is 2. The Bertz CT molecular complexity index is 2980. The lowest BCUT2D eigenvalue weighted by Crippen LogP contribution is -2.27. The Labute approximate surface area is 445 Å². The number of fused-ring (bicyclic) bond motifs is 2. The van der Waals surface area contributed by atoms with Crippen LogP contribution < -0.4 is 9.47 Å². The van der Waals surface area contributed by atoms with E-state index in [1.54, 1.807) is 51.1 Å². The minimum Gasteiger partial charge on any atom is -0.481 e. The van der Waals surface area contributed by atoms with Crippen LogP contribution in [0, 0.1) is 11.6 Å². The summed E-state index contributed by atoms with van der Waals surface area (Å²) in [5, 5.41) is 18.8. The summed E-state index contributed by atoms with van der Waals surface area (Å²) >= 11 is 9.53. The van der Waals surface area contributed by atoms with Gasteiger partial charge in [-0.25, -0.2) is 28.0 Å². The first-order chi connectivity index (χ1) is 35.6. The van der Waals surface area contributed by atoms with Gasteiger partial charge in [-0.1, -0.05) is 50.7 Å². The summed E-state index contributed by atoms with van der Waals surface area (Å²) in [5.41, 5.74) is 7.39. The first kappa shape index (κ1) is 59.2. The van der Waals surface area contributed by atoms with Gasteiger partial charge in [-0.05, 0) is 118 Å². The molecule has 2 saturated carbocycles. The van der Waals surface area contributed by atoms with Crippen LogP contribution in [0.1, 0.15) is 136 Å². The Kier molecular flexibility index (Phi) is 21.5. The van der Waals surface area contributed by atoms with E-state index >= 15 is 0 Å². The molecule has 2 aliphatic rings. The normalized spacial score (nSPS) is 13.8. The number of rotatable bonds is 12. The van der Waals surface area contributed by atoms with Crippen LogP contribution in [0.2, 0.25) is 0 Å². The Balaban J connectivity index is 0.000000248. The van der Waals surface area contributed by atoms with Crippen LogP contribution in [0.3, 0.4) is 0 Å². The highest BCUT2D eigenvalue weighted by Gasteiger charge is 2.30. The van der Waals surface area contributed by atoms with Gasteiger partial charge in [-0.2, -0.15) is 0 Å². The number of nitrogens with zero attached hydrogens (tertiary/aromatic N) is 2. The van der Waals surface area contributed by atoms with E-state index < -0.39 is 53.7 Å². The van der Waals surface area contributed by atoms with Gasteiger partial charge in [0, 0.05) is 66.1 Å². The van der Waals surface area contributed by atoms with Gasteiger partial charge >= 0.3 is 23.9 Å². The summed E-state index contributed by atoms with van der Waals surface area (Å²) in [5.74, 6) is -3.17. The van der Waals surface area contributed by atoms with Gasteiger partial charge in [0.25, 0.3) is 5.97 Å². The summed E-state index contributed by atoms with van der Waals surface area (Å²) < 4.78 is 58.9. The molecule has 0 unspecified atom stereocenters.